The molecule has 0 aliphatic rings. The molecule has 1 aromatic heterocycles. The van der Waals surface area contributed by atoms with Crippen LogP contribution in [0.3, 0.4) is 0 Å². The topological polar surface area (TPSA) is 75.4 Å². The van der Waals surface area contributed by atoms with Gasteiger partial charge in [0.15, 0.2) is 0 Å². The first-order valence-corrected chi connectivity index (χ1v) is 8.86. The quantitative estimate of drug-likeness (QED) is 0.659. The normalized spacial score (nSPS) is 10.6. The summed E-state index contributed by atoms with van der Waals surface area (Å²) in [5.74, 6) is -0.619. The highest BCUT2D eigenvalue weighted by molar-refractivity contribution is 9.11. The first kappa shape index (κ1) is 18.4. The average Bonchev–Trinajstić information content (AvgIpc) is 2.93. The molecule has 0 aliphatic carbocycles. The maximum Gasteiger partial charge on any atom is 0.248 e. The highest BCUT2D eigenvalue weighted by atomic mass is 79.9. The molecule has 0 saturated heterocycles. The van der Waals surface area contributed by atoms with E-state index in [0.717, 1.165) is 3.79 Å². The fourth-order valence-electron chi connectivity index (χ4n) is 2.15. The maximum atomic E-state index is 12.2. The Morgan fingerprint density at radius 2 is 1.96 bits per heavy atom. The molecule has 1 aromatic carbocycles. The van der Waals surface area contributed by atoms with Gasteiger partial charge in [0.2, 0.25) is 11.8 Å². The molecule has 0 spiro atoms. The number of thiophene rings is 1. The van der Waals surface area contributed by atoms with E-state index in [1.807, 2.05) is 17.0 Å². The number of halogens is 1. The Morgan fingerprint density at radius 1 is 1.25 bits per heavy atom. The lowest BCUT2D eigenvalue weighted by Crippen LogP contribution is -2.32. The predicted molar refractivity (Wildman–Crippen MR) is 101 cm³/mol. The highest BCUT2D eigenvalue weighted by Crippen LogP contribution is 2.23. The number of carbonyl (C=O) groups excluding carboxylic acids is 2. The summed E-state index contributed by atoms with van der Waals surface area (Å²) in [6.45, 7) is 5.28. The van der Waals surface area contributed by atoms with Crippen molar-refractivity contribution in [3.8, 4) is 0 Å². The SMILES string of the molecule is C=CCN(CC(=O)Nc1ccc(C(N)=O)cc1)Cc1ccc(Br)s1. The number of anilines is 1. The van der Waals surface area contributed by atoms with Crippen LogP contribution in [0.4, 0.5) is 5.69 Å². The first-order valence-electron chi connectivity index (χ1n) is 7.25. The molecule has 7 heteroatoms. The van der Waals surface area contributed by atoms with Crippen LogP contribution in [0.25, 0.3) is 0 Å². The summed E-state index contributed by atoms with van der Waals surface area (Å²) in [5, 5.41) is 2.82. The minimum absolute atomic E-state index is 0.126. The molecule has 24 heavy (non-hydrogen) atoms. The van der Waals surface area contributed by atoms with Crippen molar-refractivity contribution >= 4 is 44.8 Å². The lowest BCUT2D eigenvalue weighted by molar-refractivity contribution is -0.117. The van der Waals surface area contributed by atoms with E-state index in [4.69, 9.17) is 5.73 Å². The third-order valence-corrected chi connectivity index (χ3v) is 4.82. The van der Waals surface area contributed by atoms with Gasteiger partial charge in [-0.2, -0.15) is 0 Å². The lowest BCUT2D eigenvalue weighted by atomic mass is 10.2. The Morgan fingerprint density at radius 3 is 2.50 bits per heavy atom. The number of benzene rings is 1. The van der Waals surface area contributed by atoms with Crippen LogP contribution in [-0.2, 0) is 11.3 Å². The fraction of sp³-hybridized carbons (Fsp3) is 0.176. The zero-order valence-corrected chi connectivity index (χ0v) is 15.4. The molecule has 0 unspecified atom stereocenters. The van der Waals surface area contributed by atoms with Gasteiger partial charge < -0.3 is 11.1 Å². The van der Waals surface area contributed by atoms with E-state index in [0.29, 0.717) is 24.3 Å². The second kappa shape index (κ2) is 8.77. The molecule has 0 atom stereocenters. The van der Waals surface area contributed by atoms with E-state index in [1.165, 1.54) is 4.88 Å². The molecule has 3 N–H and O–H groups in total. The van der Waals surface area contributed by atoms with Crippen LogP contribution in [0.15, 0.2) is 52.8 Å². The molecular weight excluding hydrogens is 390 g/mol. The largest absolute Gasteiger partial charge is 0.366 e. The molecule has 2 aromatic rings. The summed E-state index contributed by atoms with van der Waals surface area (Å²) in [4.78, 5) is 26.4. The van der Waals surface area contributed by atoms with Crippen LogP contribution in [-0.4, -0.2) is 29.8 Å². The second-order valence-corrected chi connectivity index (χ2v) is 7.70. The Labute approximate surface area is 153 Å². The van der Waals surface area contributed by atoms with Gasteiger partial charge >= 0.3 is 0 Å². The minimum Gasteiger partial charge on any atom is -0.366 e. The van der Waals surface area contributed by atoms with Gasteiger partial charge in [-0.1, -0.05) is 6.08 Å². The molecule has 5 nitrogen and oxygen atoms in total. The van der Waals surface area contributed by atoms with E-state index in [9.17, 15) is 9.59 Å². The summed E-state index contributed by atoms with van der Waals surface area (Å²) in [6, 6.07) is 10.5. The molecular formula is C17H18BrN3O2S. The number of primary amides is 1. The number of hydrogen-bond acceptors (Lipinski definition) is 4. The Hall–Kier alpha value is -1.96. The molecule has 1 heterocycles. The van der Waals surface area contributed by atoms with E-state index >= 15 is 0 Å². The van der Waals surface area contributed by atoms with Crippen molar-refractivity contribution in [3.05, 3.63) is 63.3 Å². The van der Waals surface area contributed by atoms with Gasteiger partial charge in [-0.05, 0) is 52.3 Å². The maximum absolute atomic E-state index is 12.2. The number of nitrogens with one attached hydrogen (secondary N) is 1. The van der Waals surface area contributed by atoms with Crippen LogP contribution in [0.5, 0.6) is 0 Å². The molecule has 2 rings (SSSR count). The molecule has 0 fully saturated rings. The molecule has 2 amide bonds. The number of rotatable bonds is 8. The number of nitrogens with zero attached hydrogens (tertiary/aromatic N) is 1. The van der Waals surface area contributed by atoms with Crippen LogP contribution in [0.2, 0.25) is 0 Å². The van der Waals surface area contributed by atoms with Gasteiger partial charge in [-0.15, -0.1) is 17.9 Å². The van der Waals surface area contributed by atoms with Crippen molar-refractivity contribution in [3.63, 3.8) is 0 Å². The van der Waals surface area contributed by atoms with Gasteiger partial charge in [-0.3, -0.25) is 14.5 Å². The number of hydrogen-bond donors (Lipinski definition) is 2. The summed E-state index contributed by atoms with van der Waals surface area (Å²) in [5.41, 5.74) is 6.23. The van der Waals surface area contributed by atoms with Gasteiger partial charge in [0.05, 0.1) is 10.3 Å². The predicted octanol–water partition coefficient (Wildman–Crippen LogP) is 3.24. The van der Waals surface area contributed by atoms with E-state index < -0.39 is 5.91 Å². The summed E-state index contributed by atoms with van der Waals surface area (Å²) >= 11 is 5.08. The monoisotopic (exact) mass is 407 g/mol. The Kier molecular flexibility index (Phi) is 6.72. The van der Waals surface area contributed by atoms with E-state index in [-0.39, 0.29) is 12.5 Å². The van der Waals surface area contributed by atoms with Gasteiger partial charge in [-0.25, -0.2) is 0 Å². The summed E-state index contributed by atoms with van der Waals surface area (Å²) in [7, 11) is 0. The minimum atomic E-state index is -0.493. The first-order chi connectivity index (χ1) is 11.5. The van der Waals surface area contributed by atoms with Crippen molar-refractivity contribution in [2.75, 3.05) is 18.4 Å². The lowest BCUT2D eigenvalue weighted by Gasteiger charge is -2.19. The van der Waals surface area contributed by atoms with Gasteiger partial charge in [0.25, 0.3) is 0 Å². The third-order valence-electron chi connectivity index (χ3n) is 3.22. The average molecular weight is 408 g/mol. The van der Waals surface area contributed by atoms with Gasteiger partial charge in [0.1, 0.15) is 0 Å². The van der Waals surface area contributed by atoms with Gasteiger partial charge in [0, 0.05) is 29.2 Å². The number of nitrogens with two attached hydrogens (primary N) is 1. The van der Waals surface area contributed by atoms with E-state index in [1.54, 1.807) is 41.7 Å². The second-order valence-electron chi connectivity index (χ2n) is 5.15. The van der Waals surface area contributed by atoms with Crippen molar-refractivity contribution in [1.82, 2.24) is 4.90 Å². The summed E-state index contributed by atoms with van der Waals surface area (Å²) in [6.07, 6.45) is 1.78. The molecule has 126 valence electrons. The zero-order valence-electron chi connectivity index (χ0n) is 13.0. The fourth-order valence-corrected chi connectivity index (χ4v) is 3.67. The Balaban J connectivity index is 1.94. The van der Waals surface area contributed by atoms with Crippen molar-refractivity contribution in [2.45, 2.75) is 6.54 Å². The number of carbonyl (C=O) groups is 2. The van der Waals surface area contributed by atoms with E-state index in [2.05, 4.69) is 27.8 Å². The summed E-state index contributed by atoms with van der Waals surface area (Å²) < 4.78 is 1.06. The molecule has 0 aliphatic heterocycles. The smallest absolute Gasteiger partial charge is 0.248 e. The third kappa shape index (κ3) is 5.59. The highest BCUT2D eigenvalue weighted by Gasteiger charge is 2.12. The van der Waals surface area contributed by atoms with Crippen molar-refractivity contribution in [2.24, 2.45) is 5.73 Å². The standard InChI is InChI=1S/C17H18BrN3O2S/c1-2-9-21(10-14-7-8-15(18)24-14)11-16(22)20-13-5-3-12(4-6-13)17(19)23/h2-8H,1,9-11H2,(H2,19,23)(H,20,22). The molecule has 0 radical (unpaired) electrons. The Bertz CT molecular complexity index is 728. The number of amides is 2. The zero-order chi connectivity index (χ0) is 17.5. The van der Waals surface area contributed by atoms with Crippen LogP contribution >= 0.6 is 27.3 Å². The van der Waals surface area contributed by atoms with Crippen LogP contribution in [0.1, 0.15) is 15.2 Å². The van der Waals surface area contributed by atoms with Crippen LogP contribution in [0, 0.1) is 0 Å². The van der Waals surface area contributed by atoms with Crippen molar-refractivity contribution in [1.29, 1.82) is 0 Å². The molecule has 0 bridgehead atoms. The van der Waals surface area contributed by atoms with Crippen molar-refractivity contribution < 1.29 is 9.59 Å². The molecule has 0 saturated carbocycles. The van der Waals surface area contributed by atoms with Crippen LogP contribution < -0.4 is 11.1 Å².